The molecule has 0 unspecified atom stereocenters. The Morgan fingerprint density at radius 1 is 1.19 bits per heavy atom. The van der Waals surface area contributed by atoms with Crippen molar-refractivity contribution in [2.75, 3.05) is 7.11 Å². The molecule has 0 aliphatic carbocycles. The molecule has 0 radical (unpaired) electrons. The molecule has 5 nitrogen and oxygen atoms in total. The standard InChI is InChI=1S/C16H12N2O3/c1-19-15-8-11(9-17)6-7-14(15)20-10-16-18-12-4-2-3-5-13(12)21-16/h2-8H,10H2,1H3. The van der Waals surface area contributed by atoms with Gasteiger partial charge in [0.05, 0.1) is 18.7 Å². The highest BCUT2D eigenvalue weighted by Gasteiger charge is 2.09. The zero-order valence-corrected chi connectivity index (χ0v) is 11.4. The molecule has 2 aromatic carbocycles. The van der Waals surface area contributed by atoms with Gasteiger partial charge in [0.25, 0.3) is 0 Å². The Balaban J connectivity index is 1.79. The molecule has 0 aliphatic rings. The lowest BCUT2D eigenvalue weighted by Gasteiger charge is -2.09. The van der Waals surface area contributed by atoms with E-state index in [4.69, 9.17) is 19.2 Å². The minimum Gasteiger partial charge on any atom is -0.493 e. The highest BCUT2D eigenvalue weighted by molar-refractivity contribution is 5.72. The molecule has 21 heavy (non-hydrogen) atoms. The van der Waals surface area contributed by atoms with Crippen molar-refractivity contribution in [3.63, 3.8) is 0 Å². The summed E-state index contributed by atoms with van der Waals surface area (Å²) in [5, 5.41) is 8.87. The molecule has 1 heterocycles. The third-order valence-electron chi connectivity index (χ3n) is 2.98. The minimum atomic E-state index is 0.191. The summed E-state index contributed by atoms with van der Waals surface area (Å²) in [7, 11) is 1.53. The number of aromatic nitrogens is 1. The van der Waals surface area contributed by atoms with Crippen LogP contribution in [0.3, 0.4) is 0 Å². The van der Waals surface area contributed by atoms with E-state index in [9.17, 15) is 0 Å². The van der Waals surface area contributed by atoms with Crippen LogP contribution in [0, 0.1) is 11.3 Å². The lowest BCUT2D eigenvalue weighted by atomic mass is 10.2. The lowest BCUT2D eigenvalue weighted by Crippen LogP contribution is -1.98. The van der Waals surface area contributed by atoms with Crippen molar-refractivity contribution in [3.8, 4) is 17.6 Å². The summed E-state index contributed by atoms with van der Waals surface area (Å²) in [5.74, 6) is 1.53. The van der Waals surface area contributed by atoms with E-state index < -0.39 is 0 Å². The molecule has 0 saturated heterocycles. The van der Waals surface area contributed by atoms with Crippen molar-refractivity contribution >= 4 is 11.1 Å². The second-order valence-corrected chi connectivity index (χ2v) is 4.34. The van der Waals surface area contributed by atoms with Gasteiger partial charge in [0.1, 0.15) is 5.52 Å². The first-order valence-electron chi connectivity index (χ1n) is 6.35. The Bertz CT molecular complexity index is 785. The SMILES string of the molecule is COc1cc(C#N)ccc1OCc1nc2ccccc2o1. The number of ether oxygens (including phenoxy) is 2. The van der Waals surface area contributed by atoms with Crippen LogP contribution in [0.5, 0.6) is 11.5 Å². The van der Waals surface area contributed by atoms with E-state index in [1.54, 1.807) is 18.2 Å². The molecule has 0 fully saturated rings. The summed E-state index contributed by atoms with van der Waals surface area (Å²) in [6, 6.07) is 14.6. The van der Waals surface area contributed by atoms with E-state index in [2.05, 4.69) is 11.1 Å². The van der Waals surface area contributed by atoms with Crippen LogP contribution in [-0.4, -0.2) is 12.1 Å². The van der Waals surface area contributed by atoms with Crippen molar-refractivity contribution in [1.82, 2.24) is 4.98 Å². The quantitative estimate of drug-likeness (QED) is 0.733. The molecule has 0 N–H and O–H groups in total. The first kappa shape index (κ1) is 13.0. The maximum Gasteiger partial charge on any atom is 0.233 e. The molecular weight excluding hydrogens is 268 g/mol. The van der Waals surface area contributed by atoms with E-state index in [1.807, 2.05) is 24.3 Å². The van der Waals surface area contributed by atoms with Gasteiger partial charge in [0.2, 0.25) is 5.89 Å². The molecule has 0 aliphatic heterocycles. The molecule has 0 amide bonds. The van der Waals surface area contributed by atoms with E-state index in [1.165, 1.54) is 7.11 Å². The van der Waals surface area contributed by atoms with Gasteiger partial charge in [-0.1, -0.05) is 12.1 Å². The van der Waals surface area contributed by atoms with Crippen molar-refractivity contribution < 1.29 is 13.9 Å². The first-order valence-corrected chi connectivity index (χ1v) is 6.35. The van der Waals surface area contributed by atoms with Crippen LogP contribution >= 0.6 is 0 Å². The smallest absolute Gasteiger partial charge is 0.233 e. The largest absolute Gasteiger partial charge is 0.493 e. The van der Waals surface area contributed by atoms with Crippen LogP contribution in [0.25, 0.3) is 11.1 Å². The molecule has 0 spiro atoms. The fraction of sp³-hybridized carbons (Fsp3) is 0.125. The molecule has 3 rings (SSSR count). The van der Waals surface area contributed by atoms with Gasteiger partial charge in [-0.2, -0.15) is 5.26 Å². The van der Waals surface area contributed by atoms with Gasteiger partial charge in [0.15, 0.2) is 23.7 Å². The van der Waals surface area contributed by atoms with Crippen molar-refractivity contribution in [1.29, 1.82) is 5.26 Å². The van der Waals surface area contributed by atoms with Gasteiger partial charge in [0, 0.05) is 6.07 Å². The van der Waals surface area contributed by atoms with Crippen LogP contribution in [0.1, 0.15) is 11.5 Å². The number of fused-ring (bicyclic) bond motifs is 1. The summed E-state index contributed by atoms with van der Waals surface area (Å²) in [5.41, 5.74) is 2.03. The summed E-state index contributed by atoms with van der Waals surface area (Å²) >= 11 is 0. The minimum absolute atomic E-state index is 0.191. The van der Waals surface area contributed by atoms with E-state index in [-0.39, 0.29) is 6.61 Å². The molecule has 1 aromatic heterocycles. The average molecular weight is 280 g/mol. The summed E-state index contributed by atoms with van der Waals surface area (Å²) in [6.45, 7) is 0.191. The number of benzene rings is 2. The number of para-hydroxylation sites is 2. The highest BCUT2D eigenvalue weighted by Crippen LogP contribution is 2.28. The molecule has 3 aromatic rings. The maximum atomic E-state index is 8.87. The highest BCUT2D eigenvalue weighted by atomic mass is 16.5. The predicted molar refractivity (Wildman–Crippen MR) is 76.1 cm³/mol. The third kappa shape index (κ3) is 2.65. The number of methoxy groups -OCH3 is 1. The summed E-state index contributed by atoms with van der Waals surface area (Å²) in [4.78, 5) is 4.33. The zero-order valence-electron chi connectivity index (χ0n) is 11.4. The lowest BCUT2D eigenvalue weighted by molar-refractivity contribution is 0.253. The number of oxazole rings is 1. The Labute approximate surface area is 121 Å². The van der Waals surface area contributed by atoms with Crippen LogP contribution in [0.4, 0.5) is 0 Å². The number of rotatable bonds is 4. The number of nitriles is 1. The van der Waals surface area contributed by atoms with E-state index in [0.717, 1.165) is 11.1 Å². The van der Waals surface area contributed by atoms with Crippen molar-refractivity contribution in [2.45, 2.75) is 6.61 Å². The van der Waals surface area contributed by atoms with Crippen LogP contribution in [0.15, 0.2) is 46.9 Å². The molecule has 104 valence electrons. The summed E-state index contributed by atoms with van der Waals surface area (Å²) < 4.78 is 16.4. The normalized spacial score (nSPS) is 10.3. The van der Waals surface area contributed by atoms with Gasteiger partial charge in [-0.25, -0.2) is 4.98 Å². The van der Waals surface area contributed by atoms with Crippen LogP contribution in [-0.2, 0) is 6.61 Å². The molecular formula is C16H12N2O3. The Morgan fingerprint density at radius 3 is 2.81 bits per heavy atom. The van der Waals surface area contributed by atoms with Crippen molar-refractivity contribution in [2.24, 2.45) is 0 Å². The molecule has 0 bridgehead atoms. The number of hydrogen-bond acceptors (Lipinski definition) is 5. The van der Waals surface area contributed by atoms with Crippen LogP contribution < -0.4 is 9.47 Å². The van der Waals surface area contributed by atoms with Gasteiger partial charge < -0.3 is 13.9 Å². The van der Waals surface area contributed by atoms with Gasteiger partial charge >= 0.3 is 0 Å². The fourth-order valence-corrected chi connectivity index (χ4v) is 1.98. The van der Waals surface area contributed by atoms with Crippen LogP contribution in [0.2, 0.25) is 0 Å². The Morgan fingerprint density at radius 2 is 2.05 bits per heavy atom. The maximum absolute atomic E-state index is 8.87. The predicted octanol–water partition coefficient (Wildman–Crippen LogP) is 3.29. The number of hydrogen-bond donors (Lipinski definition) is 0. The van der Waals surface area contributed by atoms with Crippen molar-refractivity contribution in [3.05, 3.63) is 53.9 Å². The first-order chi connectivity index (χ1) is 10.3. The average Bonchev–Trinajstić information content (AvgIpc) is 2.95. The zero-order chi connectivity index (χ0) is 14.7. The van der Waals surface area contributed by atoms with Gasteiger partial charge in [-0.05, 0) is 24.3 Å². The van der Waals surface area contributed by atoms with E-state index in [0.29, 0.717) is 23.0 Å². The van der Waals surface area contributed by atoms with Gasteiger partial charge in [-0.3, -0.25) is 0 Å². The Hall–Kier alpha value is -3.00. The fourth-order valence-electron chi connectivity index (χ4n) is 1.98. The molecule has 5 heteroatoms. The number of nitrogens with zero attached hydrogens (tertiary/aromatic N) is 2. The molecule has 0 atom stereocenters. The summed E-state index contributed by atoms with van der Waals surface area (Å²) in [6.07, 6.45) is 0. The Kier molecular flexibility index (Phi) is 3.44. The third-order valence-corrected chi connectivity index (χ3v) is 2.98. The van der Waals surface area contributed by atoms with E-state index >= 15 is 0 Å². The second kappa shape index (κ2) is 5.55. The monoisotopic (exact) mass is 280 g/mol. The molecule has 0 saturated carbocycles. The van der Waals surface area contributed by atoms with Gasteiger partial charge in [-0.15, -0.1) is 0 Å². The second-order valence-electron chi connectivity index (χ2n) is 4.34. The topological polar surface area (TPSA) is 68.3 Å².